The maximum absolute atomic E-state index is 6.18. The molecule has 0 amide bonds. The van der Waals surface area contributed by atoms with Crippen molar-refractivity contribution in [2.45, 2.75) is 39.3 Å². The van der Waals surface area contributed by atoms with E-state index in [1.165, 1.54) is 5.56 Å². The lowest BCUT2D eigenvalue weighted by Gasteiger charge is -2.31. The summed E-state index contributed by atoms with van der Waals surface area (Å²) in [7, 11) is 1.94. The number of likely N-dealkylation sites (N-methyl/N-ethyl adjacent to an activating group) is 1. The molecule has 1 unspecified atom stereocenters. The van der Waals surface area contributed by atoms with E-state index in [4.69, 9.17) is 10.5 Å². The molecule has 0 fully saturated rings. The number of benzene rings is 1. The topological polar surface area (TPSA) is 47.3 Å². The third kappa shape index (κ3) is 3.45. The normalized spacial score (nSPS) is 13.5. The molecule has 17 heavy (non-hydrogen) atoms. The summed E-state index contributed by atoms with van der Waals surface area (Å²) in [5.41, 5.74) is 8.22. The SMILES string of the molecule is CCOc1ccc(C(NC)C(C)(C)N)cc1C. The van der Waals surface area contributed by atoms with Gasteiger partial charge in [0.05, 0.1) is 6.61 Å². The molecule has 3 N–H and O–H groups in total. The first kappa shape index (κ1) is 14.0. The average Bonchev–Trinajstić information content (AvgIpc) is 2.21. The van der Waals surface area contributed by atoms with E-state index in [-0.39, 0.29) is 11.6 Å². The number of hydrogen-bond donors (Lipinski definition) is 2. The molecule has 1 aromatic carbocycles. The molecule has 0 aliphatic carbocycles. The number of aryl methyl sites for hydroxylation is 1. The molecule has 1 atom stereocenters. The van der Waals surface area contributed by atoms with Crippen molar-refractivity contribution in [1.82, 2.24) is 5.32 Å². The first-order valence-electron chi connectivity index (χ1n) is 6.09. The van der Waals surface area contributed by atoms with E-state index in [0.29, 0.717) is 6.61 Å². The zero-order valence-corrected chi connectivity index (χ0v) is 11.5. The summed E-state index contributed by atoms with van der Waals surface area (Å²) < 4.78 is 5.54. The lowest BCUT2D eigenvalue weighted by atomic mass is 9.89. The standard InChI is InChI=1S/C14H24N2O/c1-6-17-12-8-7-11(9-10(12)2)13(16-5)14(3,4)15/h7-9,13,16H,6,15H2,1-5H3. The lowest BCUT2D eigenvalue weighted by molar-refractivity contribution is 0.336. The molecule has 3 heteroatoms. The highest BCUT2D eigenvalue weighted by Gasteiger charge is 2.25. The zero-order valence-electron chi connectivity index (χ0n) is 11.5. The Morgan fingerprint density at radius 1 is 1.41 bits per heavy atom. The highest BCUT2D eigenvalue weighted by atomic mass is 16.5. The first-order valence-corrected chi connectivity index (χ1v) is 6.09. The van der Waals surface area contributed by atoms with Gasteiger partial charge in [-0.1, -0.05) is 12.1 Å². The Kier molecular flexibility index (Phi) is 4.54. The van der Waals surface area contributed by atoms with Crippen molar-refractivity contribution >= 4 is 0 Å². The van der Waals surface area contributed by atoms with Gasteiger partial charge in [-0.15, -0.1) is 0 Å². The molecule has 3 nitrogen and oxygen atoms in total. The largest absolute Gasteiger partial charge is 0.494 e. The molecule has 0 aliphatic heterocycles. The van der Waals surface area contributed by atoms with Gasteiger partial charge in [-0.05, 0) is 51.9 Å². The van der Waals surface area contributed by atoms with Gasteiger partial charge in [-0.25, -0.2) is 0 Å². The van der Waals surface area contributed by atoms with Gasteiger partial charge in [0.25, 0.3) is 0 Å². The van der Waals surface area contributed by atoms with E-state index >= 15 is 0 Å². The summed E-state index contributed by atoms with van der Waals surface area (Å²) in [6.07, 6.45) is 0. The summed E-state index contributed by atoms with van der Waals surface area (Å²) in [5.74, 6) is 0.945. The Bertz CT molecular complexity index is 369. The Morgan fingerprint density at radius 3 is 2.47 bits per heavy atom. The van der Waals surface area contributed by atoms with Crippen molar-refractivity contribution in [3.05, 3.63) is 29.3 Å². The van der Waals surface area contributed by atoms with Gasteiger partial charge in [0.15, 0.2) is 0 Å². The summed E-state index contributed by atoms with van der Waals surface area (Å²) >= 11 is 0. The zero-order chi connectivity index (χ0) is 13.1. The van der Waals surface area contributed by atoms with Crippen LogP contribution in [0.4, 0.5) is 0 Å². The van der Waals surface area contributed by atoms with Gasteiger partial charge >= 0.3 is 0 Å². The summed E-state index contributed by atoms with van der Waals surface area (Å²) in [4.78, 5) is 0. The second-order valence-electron chi connectivity index (χ2n) is 5.00. The molecule has 0 heterocycles. The van der Waals surface area contributed by atoms with Crippen LogP contribution < -0.4 is 15.8 Å². The Morgan fingerprint density at radius 2 is 2.06 bits per heavy atom. The van der Waals surface area contributed by atoms with Crippen molar-refractivity contribution < 1.29 is 4.74 Å². The molecule has 0 spiro atoms. The molecule has 1 aromatic rings. The third-order valence-electron chi connectivity index (χ3n) is 2.86. The second-order valence-corrected chi connectivity index (χ2v) is 5.00. The van der Waals surface area contributed by atoms with Crippen LogP contribution in [0.3, 0.4) is 0 Å². The van der Waals surface area contributed by atoms with Crippen LogP contribution in [0.5, 0.6) is 5.75 Å². The number of rotatable bonds is 5. The van der Waals surface area contributed by atoms with Gasteiger partial charge in [-0.3, -0.25) is 0 Å². The van der Waals surface area contributed by atoms with Gasteiger partial charge in [0, 0.05) is 11.6 Å². The fraction of sp³-hybridized carbons (Fsp3) is 0.571. The first-order chi connectivity index (χ1) is 7.90. The van der Waals surface area contributed by atoms with Crippen LogP contribution in [-0.2, 0) is 0 Å². The molecule has 1 rings (SSSR count). The van der Waals surface area contributed by atoms with Crippen molar-refractivity contribution in [3.8, 4) is 5.75 Å². The quantitative estimate of drug-likeness (QED) is 0.825. The molecule has 0 aliphatic rings. The molecule has 96 valence electrons. The van der Waals surface area contributed by atoms with Gasteiger partial charge in [0.2, 0.25) is 0 Å². The molecule has 0 aromatic heterocycles. The van der Waals surface area contributed by atoms with E-state index < -0.39 is 0 Å². The Balaban J connectivity index is 3.03. The fourth-order valence-corrected chi connectivity index (χ4v) is 2.14. The van der Waals surface area contributed by atoms with Crippen LogP contribution in [0.1, 0.15) is 37.9 Å². The number of hydrogen-bond acceptors (Lipinski definition) is 3. The van der Waals surface area contributed by atoms with E-state index in [1.54, 1.807) is 0 Å². The van der Waals surface area contributed by atoms with Crippen LogP contribution in [0.15, 0.2) is 18.2 Å². The lowest BCUT2D eigenvalue weighted by Crippen LogP contribution is -2.45. The predicted molar refractivity (Wildman–Crippen MR) is 72.4 cm³/mol. The van der Waals surface area contributed by atoms with Gasteiger partial charge < -0.3 is 15.8 Å². The van der Waals surface area contributed by atoms with Crippen molar-refractivity contribution in [2.75, 3.05) is 13.7 Å². The van der Waals surface area contributed by atoms with Crippen molar-refractivity contribution in [3.63, 3.8) is 0 Å². The number of nitrogens with one attached hydrogen (secondary N) is 1. The predicted octanol–water partition coefficient (Wildman–Crippen LogP) is 2.39. The van der Waals surface area contributed by atoms with Crippen molar-refractivity contribution in [1.29, 1.82) is 0 Å². The Labute approximate surface area is 104 Å². The Hall–Kier alpha value is -1.06. The average molecular weight is 236 g/mol. The van der Waals surface area contributed by atoms with Crippen molar-refractivity contribution in [2.24, 2.45) is 5.73 Å². The smallest absolute Gasteiger partial charge is 0.122 e. The molecular weight excluding hydrogens is 212 g/mol. The van der Waals surface area contributed by atoms with Crippen LogP contribution in [0, 0.1) is 6.92 Å². The molecule has 0 bridgehead atoms. The van der Waals surface area contributed by atoms with E-state index in [1.807, 2.05) is 33.9 Å². The summed E-state index contributed by atoms with van der Waals surface area (Å²) in [6.45, 7) is 8.80. The fourth-order valence-electron chi connectivity index (χ4n) is 2.14. The maximum Gasteiger partial charge on any atom is 0.122 e. The minimum Gasteiger partial charge on any atom is -0.494 e. The third-order valence-corrected chi connectivity index (χ3v) is 2.86. The number of ether oxygens (including phenoxy) is 1. The molecule has 0 saturated carbocycles. The van der Waals surface area contributed by atoms with E-state index in [2.05, 4.69) is 24.4 Å². The highest BCUT2D eigenvalue weighted by molar-refractivity contribution is 5.38. The molecule has 0 saturated heterocycles. The van der Waals surface area contributed by atoms with E-state index in [0.717, 1.165) is 11.3 Å². The van der Waals surface area contributed by atoms with E-state index in [9.17, 15) is 0 Å². The van der Waals surface area contributed by atoms with Crippen LogP contribution >= 0.6 is 0 Å². The maximum atomic E-state index is 6.18. The van der Waals surface area contributed by atoms with Crippen LogP contribution in [0.2, 0.25) is 0 Å². The van der Waals surface area contributed by atoms with Gasteiger partial charge in [-0.2, -0.15) is 0 Å². The minimum atomic E-state index is -0.297. The minimum absolute atomic E-state index is 0.136. The van der Waals surface area contributed by atoms with Gasteiger partial charge in [0.1, 0.15) is 5.75 Å². The summed E-state index contributed by atoms with van der Waals surface area (Å²) in [6, 6.07) is 6.37. The molecule has 0 radical (unpaired) electrons. The van der Waals surface area contributed by atoms with Crippen LogP contribution in [-0.4, -0.2) is 19.2 Å². The summed E-state index contributed by atoms with van der Waals surface area (Å²) in [5, 5.41) is 3.27. The number of nitrogens with two attached hydrogens (primary N) is 1. The second kappa shape index (κ2) is 5.52. The highest BCUT2D eigenvalue weighted by Crippen LogP contribution is 2.27. The monoisotopic (exact) mass is 236 g/mol. The van der Waals surface area contributed by atoms with Crippen LogP contribution in [0.25, 0.3) is 0 Å². The molecular formula is C14H24N2O.